The van der Waals surface area contributed by atoms with E-state index in [9.17, 15) is 10.2 Å². The molecule has 0 fully saturated rings. The average Bonchev–Trinajstić information content (AvgIpc) is 2.44. The van der Waals surface area contributed by atoms with E-state index in [1.165, 1.54) is 0 Å². The molecule has 2 rings (SSSR count). The van der Waals surface area contributed by atoms with Gasteiger partial charge < -0.3 is 21.0 Å². The topological polar surface area (TPSA) is 96.9 Å². The Bertz CT molecular complexity index is 593. The van der Waals surface area contributed by atoms with Crippen LogP contribution in [0, 0.1) is 0 Å². The monoisotopic (exact) mass is 328 g/mol. The number of aromatic nitrogens is 1. The van der Waals surface area contributed by atoms with E-state index in [0.717, 1.165) is 17.4 Å². The van der Waals surface area contributed by atoms with Crippen LogP contribution in [0.3, 0.4) is 0 Å². The number of rotatable bonds is 5. The molecule has 2 aromatic rings. The lowest BCUT2D eigenvalue weighted by atomic mass is 9.95. The number of pyridine rings is 1. The van der Waals surface area contributed by atoms with Crippen molar-refractivity contribution in [3.8, 4) is 5.75 Å². The fraction of sp³-hybridized carbons (Fsp3) is 0.438. The minimum absolute atomic E-state index is 0. The second-order valence-corrected chi connectivity index (χ2v) is 5.35. The molecule has 0 spiro atoms. The Balaban J connectivity index is 0.00000220. The van der Waals surface area contributed by atoms with E-state index in [1.807, 2.05) is 19.1 Å². The molecule has 22 heavy (non-hydrogen) atoms. The van der Waals surface area contributed by atoms with Crippen molar-refractivity contribution in [3.63, 3.8) is 0 Å². The predicted octanol–water partition coefficient (Wildman–Crippen LogP) is 2.35. The van der Waals surface area contributed by atoms with Gasteiger partial charge in [0.05, 0.1) is 6.10 Å². The summed E-state index contributed by atoms with van der Waals surface area (Å²) in [7, 11) is 0. The first-order valence-corrected chi connectivity index (χ1v) is 7.05. The van der Waals surface area contributed by atoms with Crippen LogP contribution >= 0.6 is 12.4 Å². The second-order valence-electron chi connectivity index (χ2n) is 5.35. The van der Waals surface area contributed by atoms with Gasteiger partial charge in [-0.3, -0.25) is 4.98 Å². The van der Waals surface area contributed by atoms with Gasteiger partial charge in [-0.25, -0.2) is 0 Å². The molecule has 0 aliphatic carbocycles. The van der Waals surface area contributed by atoms with Crippen molar-refractivity contribution >= 4 is 23.3 Å². The molecule has 5 nitrogen and oxygen atoms in total. The number of phenols is 1. The number of nitrogens with zero attached hydrogens (tertiary/aromatic N) is 1. The Kier molecular flexibility index (Phi) is 8.34. The van der Waals surface area contributed by atoms with Crippen LogP contribution in [0.5, 0.6) is 5.75 Å². The minimum atomic E-state index is -0.630. The maximum atomic E-state index is 10.6. The maximum Gasteiger partial charge on any atom is 0.141 e. The van der Waals surface area contributed by atoms with Crippen LogP contribution in [0.15, 0.2) is 30.5 Å². The van der Waals surface area contributed by atoms with Crippen LogP contribution in [0.4, 0.5) is 0 Å². The molecule has 0 saturated carbocycles. The van der Waals surface area contributed by atoms with Gasteiger partial charge >= 0.3 is 0 Å². The Morgan fingerprint density at radius 2 is 1.91 bits per heavy atom. The van der Waals surface area contributed by atoms with Gasteiger partial charge in [-0.1, -0.05) is 32.9 Å². The summed E-state index contributed by atoms with van der Waals surface area (Å²) in [5.74, 6) is 0.140. The van der Waals surface area contributed by atoms with Gasteiger partial charge in [-0.05, 0) is 24.1 Å². The number of aromatic hydroxyl groups is 1. The summed E-state index contributed by atoms with van der Waals surface area (Å²) in [6.07, 6.45) is 1.83. The number of aliphatic hydroxyl groups is 1. The van der Waals surface area contributed by atoms with Gasteiger partial charge in [0.15, 0.2) is 0 Å². The first-order valence-electron chi connectivity index (χ1n) is 7.05. The Hall–Kier alpha value is -1.40. The molecule has 0 amide bonds. The van der Waals surface area contributed by atoms with Crippen LogP contribution in [-0.2, 0) is 0 Å². The molecule has 124 valence electrons. The molecule has 0 saturated heterocycles. The van der Waals surface area contributed by atoms with Crippen molar-refractivity contribution in [3.05, 3.63) is 36.0 Å². The lowest BCUT2D eigenvalue weighted by Gasteiger charge is -2.26. The molecule has 2 atom stereocenters. The van der Waals surface area contributed by atoms with Gasteiger partial charge in [0.2, 0.25) is 0 Å². The average molecular weight is 329 g/mol. The lowest BCUT2D eigenvalue weighted by Crippen LogP contribution is -2.38. The highest BCUT2D eigenvalue weighted by atomic mass is 35.5. The van der Waals surface area contributed by atoms with Crippen LogP contribution < -0.4 is 5.32 Å². The Morgan fingerprint density at radius 3 is 2.50 bits per heavy atom. The lowest BCUT2D eigenvalue weighted by molar-refractivity contribution is 0.123. The molecule has 0 radical (unpaired) electrons. The number of nitrogens with one attached hydrogen (secondary N) is 1. The highest BCUT2D eigenvalue weighted by Crippen LogP contribution is 2.31. The van der Waals surface area contributed by atoms with E-state index < -0.39 is 6.10 Å². The highest BCUT2D eigenvalue weighted by molar-refractivity contribution is 5.87. The summed E-state index contributed by atoms with van der Waals surface area (Å²) >= 11 is 0. The van der Waals surface area contributed by atoms with Crippen LogP contribution in [-0.4, -0.2) is 32.8 Å². The first-order chi connectivity index (χ1) is 9.54. The standard InChI is InChI=1S/C16H22N2O2.ClH.H2O/c1-4-13(18-10(2)3)16(20)12-7-8-14(19)15-11(12)6-5-9-17-15;;/h5-10,13,16,18-20H,4H2,1-3H3;1H;1H2. The van der Waals surface area contributed by atoms with Crippen molar-refractivity contribution in [2.45, 2.75) is 45.4 Å². The van der Waals surface area contributed by atoms with E-state index in [-0.39, 0.29) is 29.7 Å². The molecule has 1 heterocycles. The number of hydrogen-bond donors (Lipinski definition) is 3. The van der Waals surface area contributed by atoms with Gasteiger partial charge in [-0.2, -0.15) is 0 Å². The summed E-state index contributed by atoms with van der Waals surface area (Å²) < 4.78 is 0. The van der Waals surface area contributed by atoms with Crippen molar-refractivity contribution in [1.82, 2.24) is 10.3 Å². The summed E-state index contributed by atoms with van der Waals surface area (Å²) in [5, 5.41) is 24.7. The van der Waals surface area contributed by atoms with Crippen molar-refractivity contribution < 1.29 is 15.7 Å². The zero-order chi connectivity index (χ0) is 14.7. The summed E-state index contributed by atoms with van der Waals surface area (Å²) in [5.41, 5.74) is 1.33. The zero-order valence-electron chi connectivity index (χ0n) is 13.1. The summed E-state index contributed by atoms with van der Waals surface area (Å²) in [6.45, 7) is 6.17. The van der Waals surface area contributed by atoms with Crippen LogP contribution in [0.25, 0.3) is 10.9 Å². The quantitative estimate of drug-likeness (QED) is 0.784. The van der Waals surface area contributed by atoms with E-state index in [1.54, 1.807) is 18.3 Å². The summed E-state index contributed by atoms with van der Waals surface area (Å²) in [6, 6.07) is 7.33. The fourth-order valence-electron chi connectivity index (χ4n) is 2.51. The molecule has 1 aromatic carbocycles. The number of aliphatic hydroxyl groups excluding tert-OH is 1. The number of benzene rings is 1. The summed E-state index contributed by atoms with van der Waals surface area (Å²) in [4.78, 5) is 4.19. The van der Waals surface area contributed by atoms with Crippen LogP contribution in [0.2, 0.25) is 0 Å². The van der Waals surface area contributed by atoms with Crippen LogP contribution in [0.1, 0.15) is 38.9 Å². The molecule has 1 aromatic heterocycles. The molecule has 0 aliphatic heterocycles. The molecule has 5 N–H and O–H groups in total. The normalized spacial score (nSPS) is 13.3. The molecular formula is C16H25ClN2O3. The minimum Gasteiger partial charge on any atom is -0.506 e. The third-order valence-corrected chi connectivity index (χ3v) is 3.47. The van der Waals surface area contributed by atoms with Gasteiger partial charge in [0, 0.05) is 23.7 Å². The van der Waals surface area contributed by atoms with E-state index in [0.29, 0.717) is 11.6 Å². The highest BCUT2D eigenvalue weighted by Gasteiger charge is 2.22. The van der Waals surface area contributed by atoms with Gasteiger partial charge in [-0.15, -0.1) is 12.4 Å². The Labute approximate surface area is 137 Å². The smallest absolute Gasteiger partial charge is 0.141 e. The zero-order valence-corrected chi connectivity index (χ0v) is 13.9. The molecule has 2 unspecified atom stereocenters. The first kappa shape index (κ1) is 20.6. The Morgan fingerprint density at radius 1 is 1.23 bits per heavy atom. The van der Waals surface area contributed by atoms with Crippen molar-refractivity contribution in [2.24, 2.45) is 0 Å². The molecular weight excluding hydrogens is 304 g/mol. The van der Waals surface area contributed by atoms with E-state index in [2.05, 4.69) is 24.1 Å². The largest absolute Gasteiger partial charge is 0.506 e. The molecule has 0 aliphatic rings. The molecule has 6 heteroatoms. The van der Waals surface area contributed by atoms with E-state index in [4.69, 9.17) is 0 Å². The fourth-order valence-corrected chi connectivity index (χ4v) is 2.51. The third kappa shape index (κ3) is 4.30. The third-order valence-electron chi connectivity index (χ3n) is 3.47. The van der Waals surface area contributed by atoms with Gasteiger partial charge in [0.25, 0.3) is 0 Å². The number of hydrogen-bond acceptors (Lipinski definition) is 4. The predicted molar refractivity (Wildman–Crippen MR) is 91.6 cm³/mol. The van der Waals surface area contributed by atoms with Crippen molar-refractivity contribution in [2.75, 3.05) is 0 Å². The van der Waals surface area contributed by atoms with Gasteiger partial charge in [0.1, 0.15) is 11.3 Å². The SMILES string of the molecule is CCC(NC(C)C)C(O)c1ccc(O)c2ncccc12.Cl.O. The second kappa shape index (κ2) is 8.90. The molecule has 0 bridgehead atoms. The number of fused-ring (bicyclic) bond motifs is 1. The van der Waals surface area contributed by atoms with E-state index >= 15 is 0 Å². The number of halogens is 1. The maximum absolute atomic E-state index is 10.6. The number of phenolic OH excluding ortho intramolecular Hbond substituents is 1. The van der Waals surface area contributed by atoms with Crippen molar-refractivity contribution in [1.29, 1.82) is 0 Å².